The molecule has 0 atom stereocenters. The van der Waals surface area contributed by atoms with Crippen LogP contribution in [0, 0.1) is 6.92 Å². The standard InChI is InChI=1S/C14H15N3O2S/c1-8-12(15)7-13(20-8)14(19)17-11-5-3-10(4-6-11)16-9(2)18/h3-7H,15H2,1-2H3,(H,16,18)(H,17,19). The summed E-state index contributed by atoms with van der Waals surface area (Å²) in [7, 11) is 0. The molecule has 20 heavy (non-hydrogen) atoms. The van der Waals surface area contributed by atoms with Crippen LogP contribution in [0.15, 0.2) is 30.3 Å². The van der Waals surface area contributed by atoms with E-state index in [0.29, 0.717) is 21.9 Å². The first-order chi connectivity index (χ1) is 9.45. The van der Waals surface area contributed by atoms with E-state index in [9.17, 15) is 9.59 Å². The molecule has 2 amide bonds. The van der Waals surface area contributed by atoms with Gasteiger partial charge in [-0.3, -0.25) is 9.59 Å². The zero-order valence-corrected chi connectivity index (χ0v) is 12.0. The first-order valence-corrected chi connectivity index (χ1v) is 6.82. The van der Waals surface area contributed by atoms with Crippen LogP contribution in [0.4, 0.5) is 17.1 Å². The summed E-state index contributed by atoms with van der Waals surface area (Å²) < 4.78 is 0. The Labute approximate surface area is 120 Å². The number of nitrogen functional groups attached to an aromatic ring is 1. The minimum atomic E-state index is -0.193. The van der Waals surface area contributed by atoms with Crippen molar-refractivity contribution in [2.75, 3.05) is 16.4 Å². The number of aryl methyl sites for hydroxylation is 1. The van der Waals surface area contributed by atoms with Gasteiger partial charge in [-0.2, -0.15) is 0 Å². The molecule has 2 aromatic rings. The predicted molar refractivity (Wildman–Crippen MR) is 82.2 cm³/mol. The minimum Gasteiger partial charge on any atom is -0.398 e. The van der Waals surface area contributed by atoms with Crippen molar-refractivity contribution in [3.05, 3.63) is 40.1 Å². The van der Waals surface area contributed by atoms with Crippen molar-refractivity contribution in [1.82, 2.24) is 0 Å². The average molecular weight is 289 g/mol. The Morgan fingerprint density at radius 1 is 1.10 bits per heavy atom. The molecular formula is C14H15N3O2S. The lowest BCUT2D eigenvalue weighted by molar-refractivity contribution is -0.114. The molecule has 1 aromatic carbocycles. The number of anilines is 3. The molecule has 0 aliphatic rings. The van der Waals surface area contributed by atoms with Crippen LogP contribution in [0.3, 0.4) is 0 Å². The number of hydrogen-bond acceptors (Lipinski definition) is 4. The summed E-state index contributed by atoms with van der Waals surface area (Å²) in [4.78, 5) is 24.4. The number of nitrogens with one attached hydrogen (secondary N) is 2. The normalized spacial score (nSPS) is 10.1. The number of nitrogens with two attached hydrogens (primary N) is 1. The fraction of sp³-hybridized carbons (Fsp3) is 0.143. The van der Waals surface area contributed by atoms with E-state index >= 15 is 0 Å². The Balaban J connectivity index is 2.06. The molecule has 0 saturated heterocycles. The molecule has 1 aromatic heterocycles. The number of hydrogen-bond donors (Lipinski definition) is 3. The second-order valence-electron chi connectivity index (χ2n) is 4.33. The van der Waals surface area contributed by atoms with E-state index in [0.717, 1.165) is 4.88 Å². The molecule has 104 valence electrons. The van der Waals surface area contributed by atoms with Crippen molar-refractivity contribution in [3.63, 3.8) is 0 Å². The smallest absolute Gasteiger partial charge is 0.265 e. The van der Waals surface area contributed by atoms with Gasteiger partial charge in [-0.05, 0) is 37.3 Å². The summed E-state index contributed by atoms with van der Waals surface area (Å²) in [6, 6.07) is 8.58. The molecule has 0 bridgehead atoms. The molecule has 0 spiro atoms. The molecule has 4 N–H and O–H groups in total. The molecule has 0 fully saturated rings. The third kappa shape index (κ3) is 3.36. The second kappa shape index (κ2) is 5.75. The number of rotatable bonds is 3. The second-order valence-corrected chi connectivity index (χ2v) is 5.59. The maximum absolute atomic E-state index is 12.0. The molecule has 0 radical (unpaired) electrons. The van der Waals surface area contributed by atoms with E-state index in [1.54, 1.807) is 30.3 Å². The number of amides is 2. The van der Waals surface area contributed by atoms with Crippen LogP contribution >= 0.6 is 11.3 Å². The van der Waals surface area contributed by atoms with Crippen LogP contribution in [-0.2, 0) is 4.79 Å². The molecule has 6 heteroatoms. The summed E-state index contributed by atoms with van der Waals surface area (Å²) in [5.74, 6) is -0.326. The lowest BCUT2D eigenvalue weighted by Crippen LogP contribution is -2.10. The van der Waals surface area contributed by atoms with E-state index in [1.807, 2.05) is 6.92 Å². The first kappa shape index (κ1) is 14.1. The molecule has 2 rings (SSSR count). The van der Waals surface area contributed by atoms with Gasteiger partial charge in [0, 0.05) is 28.9 Å². The summed E-state index contributed by atoms with van der Waals surface area (Å²) in [5, 5.41) is 5.44. The number of thiophene rings is 1. The van der Waals surface area contributed by atoms with Crippen LogP contribution < -0.4 is 16.4 Å². The molecular weight excluding hydrogens is 274 g/mol. The topological polar surface area (TPSA) is 84.2 Å². The zero-order chi connectivity index (χ0) is 14.7. The van der Waals surface area contributed by atoms with Crippen LogP contribution in [0.5, 0.6) is 0 Å². The Morgan fingerprint density at radius 2 is 1.65 bits per heavy atom. The van der Waals surface area contributed by atoms with Crippen LogP contribution in [0.2, 0.25) is 0 Å². The van der Waals surface area contributed by atoms with Gasteiger partial charge < -0.3 is 16.4 Å². The van der Waals surface area contributed by atoms with Crippen LogP contribution in [0.25, 0.3) is 0 Å². The van der Waals surface area contributed by atoms with E-state index in [4.69, 9.17) is 5.73 Å². The fourth-order valence-corrected chi connectivity index (χ4v) is 2.48. The van der Waals surface area contributed by atoms with Gasteiger partial charge in [0.25, 0.3) is 5.91 Å². The average Bonchev–Trinajstić information content (AvgIpc) is 2.71. The number of carbonyl (C=O) groups excluding carboxylic acids is 2. The highest BCUT2D eigenvalue weighted by Crippen LogP contribution is 2.24. The number of carbonyl (C=O) groups is 2. The van der Waals surface area contributed by atoms with Gasteiger partial charge in [-0.25, -0.2) is 0 Å². The van der Waals surface area contributed by atoms with Crippen molar-refractivity contribution >= 4 is 40.2 Å². The summed E-state index contributed by atoms with van der Waals surface area (Å²) >= 11 is 1.36. The summed E-state index contributed by atoms with van der Waals surface area (Å²) in [5.41, 5.74) is 7.70. The van der Waals surface area contributed by atoms with Crippen molar-refractivity contribution < 1.29 is 9.59 Å². The maximum Gasteiger partial charge on any atom is 0.265 e. The van der Waals surface area contributed by atoms with Gasteiger partial charge >= 0.3 is 0 Å². The molecule has 1 heterocycles. The van der Waals surface area contributed by atoms with E-state index in [2.05, 4.69) is 10.6 Å². The molecule has 5 nitrogen and oxygen atoms in total. The highest BCUT2D eigenvalue weighted by atomic mass is 32.1. The van der Waals surface area contributed by atoms with Crippen molar-refractivity contribution in [1.29, 1.82) is 0 Å². The van der Waals surface area contributed by atoms with Gasteiger partial charge in [0.2, 0.25) is 5.91 Å². The van der Waals surface area contributed by atoms with Crippen molar-refractivity contribution in [2.45, 2.75) is 13.8 Å². The van der Waals surface area contributed by atoms with Crippen LogP contribution in [-0.4, -0.2) is 11.8 Å². The molecule has 0 aliphatic heterocycles. The van der Waals surface area contributed by atoms with E-state index in [1.165, 1.54) is 18.3 Å². The van der Waals surface area contributed by atoms with Crippen molar-refractivity contribution in [2.24, 2.45) is 0 Å². The maximum atomic E-state index is 12.0. The SMILES string of the molecule is CC(=O)Nc1ccc(NC(=O)c2cc(N)c(C)s2)cc1. The quantitative estimate of drug-likeness (QED) is 0.812. The molecule has 0 unspecified atom stereocenters. The Kier molecular flexibility index (Phi) is 4.05. The van der Waals surface area contributed by atoms with E-state index < -0.39 is 0 Å². The minimum absolute atomic E-state index is 0.133. The summed E-state index contributed by atoms with van der Waals surface area (Å²) in [6.45, 7) is 3.32. The monoisotopic (exact) mass is 289 g/mol. The molecule has 0 saturated carbocycles. The third-order valence-electron chi connectivity index (χ3n) is 2.64. The first-order valence-electron chi connectivity index (χ1n) is 6.00. The Bertz CT molecular complexity index is 627. The highest BCUT2D eigenvalue weighted by molar-refractivity contribution is 7.14. The van der Waals surface area contributed by atoms with Gasteiger partial charge in [-0.1, -0.05) is 0 Å². The van der Waals surface area contributed by atoms with Gasteiger partial charge in [0.05, 0.1) is 4.88 Å². The Hall–Kier alpha value is -2.34. The van der Waals surface area contributed by atoms with E-state index in [-0.39, 0.29) is 11.8 Å². The lowest BCUT2D eigenvalue weighted by atomic mass is 10.2. The highest BCUT2D eigenvalue weighted by Gasteiger charge is 2.11. The van der Waals surface area contributed by atoms with Gasteiger partial charge in [0.1, 0.15) is 0 Å². The van der Waals surface area contributed by atoms with Gasteiger partial charge in [0.15, 0.2) is 0 Å². The lowest BCUT2D eigenvalue weighted by Gasteiger charge is -2.05. The summed E-state index contributed by atoms with van der Waals surface area (Å²) in [6.07, 6.45) is 0. The molecule has 0 aliphatic carbocycles. The zero-order valence-electron chi connectivity index (χ0n) is 11.2. The predicted octanol–water partition coefficient (Wildman–Crippen LogP) is 2.85. The number of benzene rings is 1. The van der Waals surface area contributed by atoms with Gasteiger partial charge in [-0.15, -0.1) is 11.3 Å². The largest absolute Gasteiger partial charge is 0.398 e. The van der Waals surface area contributed by atoms with Crippen LogP contribution in [0.1, 0.15) is 21.5 Å². The Morgan fingerprint density at radius 3 is 2.10 bits per heavy atom. The van der Waals surface area contributed by atoms with Crippen molar-refractivity contribution in [3.8, 4) is 0 Å². The fourth-order valence-electron chi connectivity index (χ4n) is 1.64. The third-order valence-corrected chi connectivity index (χ3v) is 3.71.